The van der Waals surface area contributed by atoms with Crippen LogP contribution in [0.3, 0.4) is 0 Å². The van der Waals surface area contributed by atoms with E-state index in [0.717, 1.165) is 5.56 Å². The smallest absolute Gasteiger partial charge is 0.258 e. The molecule has 3 rings (SSSR count). The van der Waals surface area contributed by atoms with Crippen molar-refractivity contribution in [2.45, 2.75) is 6.92 Å². The highest BCUT2D eigenvalue weighted by Crippen LogP contribution is 2.29. The van der Waals surface area contributed by atoms with Crippen molar-refractivity contribution in [3.05, 3.63) is 81.8 Å². The third-order valence-electron chi connectivity index (χ3n) is 3.67. The number of carbonyl (C=O) groups is 1. The molecule has 0 aliphatic heterocycles. The second-order valence-electron chi connectivity index (χ2n) is 5.57. The molecule has 0 aliphatic carbocycles. The van der Waals surface area contributed by atoms with Crippen LogP contribution in [0, 0.1) is 12.7 Å². The normalized spacial score (nSPS) is 10.5. The summed E-state index contributed by atoms with van der Waals surface area (Å²) in [7, 11) is 0. The van der Waals surface area contributed by atoms with E-state index in [1.54, 1.807) is 24.3 Å². The number of aromatic nitrogens is 1. The van der Waals surface area contributed by atoms with Crippen LogP contribution >= 0.6 is 23.2 Å². The van der Waals surface area contributed by atoms with Gasteiger partial charge in [0, 0.05) is 16.9 Å². The summed E-state index contributed by atoms with van der Waals surface area (Å²) in [5, 5.41) is 6.54. The number of carbonyl (C=O) groups excluding carboxylic acids is 1. The molecular weight excluding hydrogens is 376 g/mol. The lowest BCUT2D eigenvalue weighted by molar-refractivity contribution is 0.102. The zero-order chi connectivity index (χ0) is 18.7. The van der Waals surface area contributed by atoms with Gasteiger partial charge in [0.05, 0.1) is 16.9 Å². The highest BCUT2D eigenvalue weighted by molar-refractivity contribution is 6.33. The molecule has 1 aromatic heterocycles. The number of amides is 1. The molecule has 2 aromatic carbocycles. The molecule has 0 saturated heterocycles. The van der Waals surface area contributed by atoms with E-state index in [2.05, 4.69) is 15.6 Å². The van der Waals surface area contributed by atoms with Crippen molar-refractivity contribution < 1.29 is 9.18 Å². The van der Waals surface area contributed by atoms with Gasteiger partial charge in [-0.3, -0.25) is 4.79 Å². The van der Waals surface area contributed by atoms with Crippen LogP contribution in [0.25, 0.3) is 0 Å². The molecule has 4 nitrogen and oxygen atoms in total. The number of benzene rings is 2. The van der Waals surface area contributed by atoms with Gasteiger partial charge in [0.25, 0.3) is 5.91 Å². The third kappa shape index (κ3) is 4.12. The Morgan fingerprint density at radius 2 is 1.88 bits per heavy atom. The van der Waals surface area contributed by atoms with Gasteiger partial charge in [0.2, 0.25) is 0 Å². The molecular formula is C19H14Cl2FN3O. The molecule has 0 atom stereocenters. The van der Waals surface area contributed by atoms with Crippen LogP contribution in [0.5, 0.6) is 0 Å². The Hall–Kier alpha value is -2.63. The Morgan fingerprint density at radius 3 is 2.62 bits per heavy atom. The van der Waals surface area contributed by atoms with Crippen molar-refractivity contribution in [3.8, 4) is 0 Å². The fraction of sp³-hybridized carbons (Fsp3) is 0.0526. The van der Waals surface area contributed by atoms with Gasteiger partial charge >= 0.3 is 0 Å². The van der Waals surface area contributed by atoms with Gasteiger partial charge in [0.1, 0.15) is 11.0 Å². The highest BCUT2D eigenvalue weighted by Gasteiger charge is 2.14. The van der Waals surface area contributed by atoms with E-state index in [9.17, 15) is 9.18 Å². The molecule has 0 bridgehead atoms. The molecule has 1 heterocycles. The standard InChI is InChI=1S/C19H14Cl2FN3O/c1-11-9-13(5-6-15(11)20)24-17-10-12(22)4-7-16(17)25-19(26)14-3-2-8-23-18(14)21/h2-10,24H,1H3,(H,25,26). The van der Waals surface area contributed by atoms with Crippen molar-refractivity contribution >= 4 is 46.2 Å². The van der Waals surface area contributed by atoms with E-state index in [4.69, 9.17) is 23.2 Å². The summed E-state index contributed by atoms with van der Waals surface area (Å²) in [6.45, 7) is 1.87. The summed E-state index contributed by atoms with van der Waals surface area (Å²) in [4.78, 5) is 16.3. The van der Waals surface area contributed by atoms with Crippen molar-refractivity contribution in [3.63, 3.8) is 0 Å². The number of halogens is 3. The van der Waals surface area contributed by atoms with E-state index in [-0.39, 0.29) is 10.7 Å². The summed E-state index contributed by atoms with van der Waals surface area (Å²) < 4.78 is 13.7. The first-order chi connectivity index (χ1) is 12.4. The predicted octanol–water partition coefficient (Wildman–Crippen LogP) is 5.83. The Kier molecular flexibility index (Phi) is 5.40. The van der Waals surface area contributed by atoms with Crippen LogP contribution in [-0.4, -0.2) is 10.9 Å². The maximum absolute atomic E-state index is 13.7. The van der Waals surface area contributed by atoms with Crippen LogP contribution < -0.4 is 10.6 Å². The van der Waals surface area contributed by atoms with Gasteiger partial charge in [0.15, 0.2) is 0 Å². The van der Waals surface area contributed by atoms with Gasteiger partial charge in [-0.15, -0.1) is 0 Å². The van der Waals surface area contributed by atoms with Crippen LogP contribution in [0.4, 0.5) is 21.5 Å². The van der Waals surface area contributed by atoms with Crippen LogP contribution in [-0.2, 0) is 0 Å². The molecule has 0 radical (unpaired) electrons. The summed E-state index contributed by atoms with van der Waals surface area (Å²) in [5.74, 6) is -0.874. The van der Waals surface area contributed by atoms with E-state index in [1.165, 1.54) is 24.4 Å². The maximum atomic E-state index is 13.7. The lowest BCUT2D eigenvalue weighted by Crippen LogP contribution is -2.14. The van der Waals surface area contributed by atoms with Crippen molar-refractivity contribution in [2.24, 2.45) is 0 Å². The Balaban J connectivity index is 1.89. The molecule has 7 heteroatoms. The average molecular weight is 390 g/mol. The van der Waals surface area contributed by atoms with E-state index >= 15 is 0 Å². The molecule has 1 amide bonds. The third-order valence-corrected chi connectivity index (χ3v) is 4.40. The summed E-state index contributed by atoms with van der Waals surface area (Å²) in [5.41, 5.74) is 2.63. The fourth-order valence-electron chi connectivity index (χ4n) is 2.35. The Morgan fingerprint density at radius 1 is 1.08 bits per heavy atom. The SMILES string of the molecule is Cc1cc(Nc2cc(F)ccc2NC(=O)c2cccnc2Cl)ccc1Cl. The van der Waals surface area contributed by atoms with Crippen LogP contribution in [0.2, 0.25) is 10.2 Å². The van der Waals surface area contributed by atoms with Crippen molar-refractivity contribution in [2.75, 3.05) is 10.6 Å². The monoisotopic (exact) mass is 389 g/mol. The number of nitrogens with one attached hydrogen (secondary N) is 2. The van der Waals surface area contributed by atoms with Gasteiger partial charge in [-0.2, -0.15) is 0 Å². The molecule has 0 saturated carbocycles. The lowest BCUT2D eigenvalue weighted by Gasteiger charge is -2.14. The number of rotatable bonds is 4. The molecule has 0 unspecified atom stereocenters. The van der Waals surface area contributed by atoms with Crippen LogP contribution in [0.15, 0.2) is 54.7 Å². The van der Waals surface area contributed by atoms with Gasteiger partial charge in [-0.25, -0.2) is 9.37 Å². The minimum absolute atomic E-state index is 0.0925. The largest absolute Gasteiger partial charge is 0.354 e. The first kappa shape index (κ1) is 18.2. The molecule has 2 N–H and O–H groups in total. The van der Waals surface area contributed by atoms with Gasteiger partial charge < -0.3 is 10.6 Å². The number of hydrogen-bond donors (Lipinski definition) is 2. The minimum atomic E-state index is -0.440. The maximum Gasteiger partial charge on any atom is 0.258 e. The minimum Gasteiger partial charge on any atom is -0.354 e. The highest BCUT2D eigenvalue weighted by atomic mass is 35.5. The first-order valence-electron chi connectivity index (χ1n) is 7.68. The number of aryl methyl sites for hydroxylation is 1. The second-order valence-corrected chi connectivity index (χ2v) is 6.34. The summed E-state index contributed by atoms with van der Waals surface area (Å²) >= 11 is 12.0. The average Bonchev–Trinajstić information content (AvgIpc) is 2.61. The quantitative estimate of drug-likeness (QED) is 0.551. The molecule has 0 spiro atoms. The molecule has 26 heavy (non-hydrogen) atoms. The molecule has 0 fully saturated rings. The van der Waals surface area contributed by atoms with Crippen molar-refractivity contribution in [1.29, 1.82) is 0 Å². The zero-order valence-electron chi connectivity index (χ0n) is 13.7. The molecule has 0 aliphatic rings. The second kappa shape index (κ2) is 7.72. The number of hydrogen-bond acceptors (Lipinski definition) is 3. The van der Waals surface area contributed by atoms with Gasteiger partial charge in [-0.05, 0) is 61.0 Å². The molecule has 3 aromatic rings. The fourth-order valence-corrected chi connectivity index (χ4v) is 2.67. The summed E-state index contributed by atoms with van der Waals surface area (Å²) in [6, 6.07) is 12.5. The van der Waals surface area contributed by atoms with E-state index in [0.29, 0.717) is 22.1 Å². The van der Waals surface area contributed by atoms with Crippen molar-refractivity contribution in [1.82, 2.24) is 4.98 Å². The predicted molar refractivity (Wildman–Crippen MR) is 103 cm³/mol. The first-order valence-corrected chi connectivity index (χ1v) is 8.44. The van der Waals surface area contributed by atoms with Gasteiger partial charge in [-0.1, -0.05) is 23.2 Å². The van der Waals surface area contributed by atoms with E-state index < -0.39 is 11.7 Å². The topological polar surface area (TPSA) is 54.0 Å². The molecule has 132 valence electrons. The lowest BCUT2D eigenvalue weighted by atomic mass is 10.2. The number of pyridine rings is 1. The van der Waals surface area contributed by atoms with Crippen LogP contribution in [0.1, 0.15) is 15.9 Å². The Labute approximate surface area is 160 Å². The number of nitrogens with zero attached hydrogens (tertiary/aromatic N) is 1. The summed E-state index contributed by atoms with van der Waals surface area (Å²) in [6.07, 6.45) is 1.49. The van der Waals surface area contributed by atoms with E-state index in [1.807, 2.05) is 13.0 Å². The Bertz CT molecular complexity index is 979. The number of anilines is 3. The zero-order valence-corrected chi connectivity index (χ0v) is 15.2.